The van der Waals surface area contributed by atoms with Gasteiger partial charge in [-0.05, 0) is 34.9 Å². The summed E-state index contributed by atoms with van der Waals surface area (Å²) in [4.78, 5) is 12.9. The fourth-order valence-electron chi connectivity index (χ4n) is 5.56. The second-order valence-corrected chi connectivity index (χ2v) is 9.50. The van der Waals surface area contributed by atoms with Gasteiger partial charge in [0.05, 0.1) is 5.92 Å². The summed E-state index contributed by atoms with van der Waals surface area (Å²) >= 11 is 0. The van der Waals surface area contributed by atoms with E-state index in [9.17, 15) is 9.90 Å². The van der Waals surface area contributed by atoms with Gasteiger partial charge in [0.2, 0.25) is 0 Å². The van der Waals surface area contributed by atoms with Crippen LogP contribution in [0.25, 0.3) is 10.8 Å². The first-order chi connectivity index (χ1) is 15.6. The predicted molar refractivity (Wildman–Crippen MR) is 132 cm³/mol. The third-order valence-corrected chi connectivity index (χ3v) is 7.35. The Bertz CT molecular complexity index is 847. The molecule has 176 valence electrons. The number of benzene rings is 2. The highest BCUT2D eigenvalue weighted by Crippen LogP contribution is 2.39. The number of likely N-dealkylation sites (tertiary alicyclic amines) is 1. The molecule has 4 nitrogen and oxygen atoms in total. The molecule has 2 aromatic rings. The molecule has 3 fully saturated rings. The van der Waals surface area contributed by atoms with E-state index < -0.39 is 5.97 Å². The number of hydrogen-bond donors (Lipinski definition) is 2. The van der Waals surface area contributed by atoms with Gasteiger partial charge in [-0.1, -0.05) is 95.9 Å². The number of carbonyl (C=O) groups is 1. The van der Waals surface area contributed by atoms with Gasteiger partial charge in [0.25, 0.3) is 0 Å². The van der Waals surface area contributed by atoms with Gasteiger partial charge in [-0.25, -0.2) is 0 Å². The van der Waals surface area contributed by atoms with Crippen LogP contribution >= 0.6 is 0 Å². The molecule has 5 rings (SSSR count). The second kappa shape index (κ2) is 12.2. The number of hydrogen-bond acceptors (Lipinski definition) is 3. The number of phenolic OH excluding ortho intramolecular Hbond substituents is 1. The van der Waals surface area contributed by atoms with E-state index >= 15 is 0 Å². The van der Waals surface area contributed by atoms with Crippen molar-refractivity contribution in [2.45, 2.75) is 78.2 Å². The second-order valence-electron chi connectivity index (χ2n) is 9.50. The van der Waals surface area contributed by atoms with Gasteiger partial charge < -0.3 is 10.2 Å². The number of nitrogens with zero attached hydrogens (tertiary/aromatic N) is 1. The molecule has 0 atom stereocenters. The van der Waals surface area contributed by atoms with Crippen LogP contribution in [0.5, 0.6) is 5.75 Å². The summed E-state index contributed by atoms with van der Waals surface area (Å²) in [7, 11) is 0. The highest BCUT2D eigenvalue weighted by atomic mass is 16.4. The third kappa shape index (κ3) is 6.48. The van der Waals surface area contributed by atoms with Crippen molar-refractivity contribution in [3.8, 4) is 5.75 Å². The molecule has 0 bridgehead atoms. The number of fused-ring (bicyclic) bond motifs is 1. The minimum absolute atomic E-state index is 0.218. The maximum atomic E-state index is 10.7. The summed E-state index contributed by atoms with van der Waals surface area (Å²) in [6.45, 7) is 6.00. The minimum atomic E-state index is -0.709. The molecule has 3 aliphatic rings. The Morgan fingerprint density at radius 3 is 2.09 bits per heavy atom. The van der Waals surface area contributed by atoms with Crippen molar-refractivity contribution in [3.05, 3.63) is 42.0 Å². The quantitative estimate of drug-likeness (QED) is 0.547. The van der Waals surface area contributed by atoms with Crippen LogP contribution in [0.2, 0.25) is 0 Å². The zero-order chi connectivity index (χ0) is 22.9. The molecule has 0 radical (unpaired) electrons. The number of aliphatic carboxylic acids is 1. The monoisotopic (exact) mass is 439 g/mol. The van der Waals surface area contributed by atoms with E-state index in [2.05, 4.69) is 4.90 Å². The van der Waals surface area contributed by atoms with E-state index in [4.69, 9.17) is 5.11 Å². The molecule has 0 aromatic heterocycles. The fourth-order valence-corrected chi connectivity index (χ4v) is 5.56. The van der Waals surface area contributed by atoms with E-state index in [-0.39, 0.29) is 5.92 Å². The average Bonchev–Trinajstić information content (AvgIpc) is 3.33. The molecule has 1 saturated heterocycles. The lowest BCUT2D eigenvalue weighted by Gasteiger charge is -2.36. The molecule has 32 heavy (non-hydrogen) atoms. The van der Waals surface area contributed by atoms with E-state index in [1.54, 1.807) is 31.7 Å². The van der Waals surface area contributed by atoms with Gasteiger partial charge in [0.1, 0.15) is 5.75 Å². The standard InChI is InChI=1S/C15H15NO3.C11H20.C2H6/c17-14-3-1-2-11-6-10(4-5-13(11)14)7-16-8-12(9-16)15(18)19;1-2-6-10(7-3-1)11-8-4-5-9-11;1-2/h1-6,12,17H,7-9H2,(H,18,19);10-11H,1-9H2;1-2H3. The summed E-state index contributed by atoms with van der Waals surface area (Å²) < 4.78 is 0. The Morgan fingerprint density at radius 1 is 0.906 bits per heavy atom. The smallest absolute Gasteiger partial charge is 0.309 e. The molecule has 2 N–H and O–H groups in total. The molecular formula is C28H41NO3. The first-order valence-electron chi connectivity index (χ1n) is 12.8. The summed E-state index contributed by atoms with van der Waals surface area (Å²) in [5.41, 5.74) is 1.14. The summed E-state index contributed by atoms with van der Waals surface area (Å²) in [6, 6.07) is 11.4. The summed E-state index contributed by atoms with van der Waals surface area (Å²) in [6.07, 6.45) is 13.9. The Balaban J connectivity index is 0.000000189. The molecule has 1 aliphatic heterocycles. The maximum Gasteiger partial charge on any atom is 0.309 e. The highest BCUT2D eigenvalue weighted by molar-refractivity contribution is 5.88. The Kier molecular flexibility index (Phi) is 9.40. The van der Waals surface area contributed by atoms with Crippen molar-refractivity contribution in [2.24, 2.45) is 17.8 Å². The van der Waals surface area contributed by atoms with Crippen molar-refractivity contribution < 1.29 is 15.0 Å². The van der Waals surface area contributed by atoms with E-state index in [0.717, 1.165) is 34.7 Å². The van der Waals surface area contributed by atoms with Crippen molar-refractivity contribution >= 4 is 16.7 Å². The molecule has 2 aliphatic carbocycles. The Hall–Kier alpha value is -2.07. The number of carboxylic acids is 1. The number of phenols is 1. The van der Waals surface area contributed by atoms with Crippen LogP contribution < -0.4 is 0 Å². The molecular weight excluding hydrogens is 398 g/mol. The van der Waals surface area contributed by atoms with Crippen LogP contribution in [0.3, 0.4) is 0 Å². The maximum absolute atomic E-state index is 10.7. The molecule has 0 amide bonds. The van der Waals surface area contributed by atoms with Crippen LogP contribution in [-0.4, -0.2) is 34.2 Å². The van der Waals surface area contributed by atoms with Crippen LogP contribution in [-0.2, 0) is 11.3 Å². The van der Waals surface area contributed by atoms with Gasteiger partial charge in [0, 0.05) is 25.0 Å². The number of rotatable bonds is 4. The average molecular weight is 440 g/mol. The topological polar surface area (TPSA) is 60.8 Å². The van der Waals surface area contributed by atoms with Crippen molar-refractivity contribution in [3.63, 3.8) is 0 Å². The summed E-state index contributed by atoms with van der Waals surface area (Å²) in [5.74, 6) is 1.66. The van der Waals surface area contributed by atoms with Crippen molar-refractivity contribution in [1.29, 1.82) is 0 Å². The van der Waals surface area contributed by atoms with Crippen LogP contribution in [0.15, 0.2) is 36.4 Å². The zero-order valence-electron chi connectivity index (χ0n) is 19.9. The normalized spacial score (nSPS) is 20.1. The number of aromatic hydroxyl groups is 1. The molecule has 2 saturated carbocycles. The largest absolute Gasteiger partial charge is 0.507 e. The zero-order valence-corrected chi connectivity index (χ0v) is 19.9. The van der Waals surface area contributed by atoms with Gasteiger partial charge in [-0.3, -0.25) is 9.69 Å². The lowest BCUT2D eigenvalue weighted by atomic mass is 9.79. The molecule has 0 unspecified atom stereocenters. The first kappa shape index (κ1) is 24.6. The van der Waals surface area contributed by atoms with Crippen LogP contribution in [0, 0.1) is 17.8 Å². The predicted octanol–water partition coefficient (Wildman–Crippen LogP) is 6.84. The fraction of sp³-hybridized carbons (Fsp3) is 0.607. The highest BCUT2D eigenvalue weighted by Gasteiger charge is 2.32. The van der Waals surface area contributed by atoms with Crippen molar-refractivity contribution in [1.82, 2.24) is 4.90 Å². The third-order valence-electron chi connectivity index (χ3n) is 7.35. The van der Waals surface area contributed by atoms with Gasteiger partial charge in [-0.15, -0.1) is 0 Å². The lowest BCUT2D eigenvalue weighted by Crippen LogP contribution is -2.49. The Morgan fingerprint density at radius 2 is 1.50 bits per heavy atom. The lowest BCUT2D eigenvalue weighted by molar-refractivity contribution is -0.147. The van der Waals surface area contributed by atoms with Crippen molar-refractivity contribution in [2.75, 3.05) is 13.1 Å². The summed E-state index contributed by atoms with van der Waals surface area (Å²) in [5, 5.41) is 20.4. The minimum Gasteiger partial charge on any atom is -0.507 e. The molecule has 4 heteroatoms. The first-order valence-corrected chi connectivity index (χ1v) is 12.8. The van der Waals surface area contributed by atoms with E-state index in [1.165, 1.54) is 32.1 Å². The number of carboxylic acid groups (broad SMARTS) is 1. The van der Waals surface area contributed by atoms with Gasteiger partial charge in [-0.2, -0.15) is 0 Å². The Labute approximate surface area is 193 Å². The van der Waals surface area contributed by atoms with E-state index in [1.807, 2.05) is 44.2 Å². The van der Waals surface area contributed by atoms with Crippen LogP contribution in [0.1, 0.15) is 77.2 Å². The van der Waals surface area contributed by atoms with Crippen LogP contribution in [0.4, 0.5) is 0 Å². The van der Waals surface area contributed by atoms with Gasteiger partial charge in [0.15, 0.2) is 0 Å². The SMILES string of the molecule is C1CCC(C2CCCC2)CC1.CC.O=C(O)C1CN(Cc2ccc3c(O)cccc3c2)C1. The van der Waals surface area contributed by atoms with E-state index in [0.29, 0.717) is 18.8 Å². The molecule has 0 spiro atoms. The molecule has 1 heterocycles. The van der Waals surface area contributed by atoms with Gasteiger partial charge >= 0.3 is 5.97 Å². The molecule has 2 aromatic carbocycles.